The zero-order chi connectivity index (χ0) is 19.7. The van der Waals surface area contributed by atoms with Crippen molar-refractivity contribution in [2.24, 2.45) is 0 Å². The summed E-state index contributed by atoms with van der Waals surface area (Å²) in [6.45, 7) is 2.38. The van der Waals surface area contributed by atoms with Gasteiger partial charge in [-0.3, -0.25) is 9.78 Å². The van der Waals surface area contributed by atoms with E-state index in [-0.39, 0.29) is 17.7 Å². The van der Waals surface area contributed by atoms with Crippen LogP contribution in [-0.2, 0) is 11.3 Å². The molecule has 2 heterocycles. The minimum atomic E-state index is -0.382. The number of carbonyl (C=O) groups is 1. The van der Waals surface area contributed by atoms with Gasteiger partial charge in [-0.2, -0.15) is 0 Å². The third-order valence-electron chi connectivity index (χ3n) is 4.91. The molecule has 140 valence electrons. The molecule has 1 atom stereocenters. The maximum absolute atomic E-state index is 13.0. The SMILES string of the molecule is Cc1ccc(C2=C(O)C(=O)N(Cc3cccnc3)[C@H]2c2cccc(Br)c2)cc1. The molecule has 28 heavy (non-hydrogen) atoms. The second-order valence-electron chi connectivity index (χ2n) is 6.88. The van der Waals surface area contributed by atoms with Crippen molar-refractivity contribution in [3.05, 3.63) is 106 Å². The number of amides is 1. The zero-order valence-corrected chi connectivity index (χ0v) is 16.9. The second kappa shape index (κ2) is 7.60. The number of nitrogens with zero attached hydrogens (tertiary/aromatic N) is 2. The quantitative estimate of drug-likeness (QED) is 0.613. The first-order valence-corrected chi connectivity index (χ1v) is 9.79. The molecule has 0 saturated heterocycles. The Morgan fingerprint density at radius 2 is 1.89 bits per heavy atom. The second-order valence-corrected chi connectivity index (χ2v) is 7.80. The Morgan fingerprint density at radius 1 is 1.11 bits per heavy atom. The number of carbonyl (C=O) groups excluding carboxylic acids is 1. The van der Waals surface area contributed by atoms with E-state index in [1.165, 1.54) is 0 Å². The summed E-state index contributed by atoms with van der Waals surface area (Å²) in [5.41, 5.74) is 4.45. The van der Waals surface area contributed by atoms with Crippen LogP contribution in [0.4, 0.5) is 0 Å². The monoisotopic (exact) mass is 434 g/mol. The molecule has 1 aliphatic heterocycles. The van der Waals surface area contributed by atoms with Crippen molar-refractivity contribution in [2.45, 2.75) is 19.5 Å². The van der Waals surface area contributed by atoms with Crippen LogP contribution in [0, 0.1) is 6.92 Å². The fourth-order valence-electron chi connectivity index (χ4n) is 3.56. The molecule has 0 radical (unpaired) electrons. The van der Waals surface area contributed by atoms with Crippen molar-refractivity contribution < 1.29 is 9.90 Å². The van der Waals surface area contributed by atoms with Crippen molar-refractivity contribution in [1.29, 1.82) is 0 Å². The number of aryl methyl sites for hydroxylation is 1. The van der Waals surface area contributed by atoms with Gasteiger partial charge in [-0.15, -0.1) is 0 Å². The molecule has 3 aromatic rings. The Hall–Kier alpha value is -2.92. The molecule has 2 aromatic carbocycles. The lowest BCUT2D eigenvalue weighted by atomic mass is 9.93. The van der Waals surface area contributed by atoms with Gasteiger partial charge in [0.25, 0.3) is 5.91 Å². The highest BCUT2D eigenvalue weighted by molar-refractivity contribution is 9.10. The summed E-state index contributed by atoms with van der Waals surface area (Å²) in [6.07, 6.45) is 3.45. The Morgan fingerprint density at radius 3 is 2.57 bits per heavy atom. The predicted octanol–water partition coefficient (Wildman–Crippen LogP) is 5.21. The summed E-state index contributed by atoms with van der Waals surface area (Å²) in [5.74, 6) is -0.567. The normalized spacial score (nSPS) is 16.7. The van der Waals surface area contributed by atoms with E-state index >= 15 is 0 Å². The van der Waals surface area contributed by atoms with Gasteiger partial charge in [0, 0.05) is 29.0 Å². The average Bonchev–Trinajstić information content (AvgIpc) is 2.94. The molecule has 0 aliphatic carbocycles. The lowest BCUT2D eigenvalue weighted by molar-refractivity contribution is -0.130. The van der Waals surface area contributed by atoms with Crippen LogP contribution in [0.15, 0.2) is 83.3 Å². The Labute approximate surface area is 172 Å². The Bertz CT molecular complexity index is 1050. The molecular formula is C23H19BrN2O2. The number of hydrogen-bond acceptors (Lipinski definition) is 3. The van der Waals surface area contributed by atoms with Crippen molar-refractivity contribution >= 4 is 27.4 Å². The van der Waals surface area contributed by atoms with E-state index in [2.05, 4.69) is 20.9 Å². The van der Waals surface area contributed by atoms with Gasteiger partial charge in [0.2, 0.25) is 0 Å². The molecule has 1 aromatic heterocycles. The minimum absolute atomic E-state index is 0.197. The maximum atomic E-state index is 13.0. The molecule has 1 aliphatic rings. The van der Waals surface area contributed by atoms with Crippen LogP contribution in [0.2, 0.25) is 0 Å². The number of hydrogen-bond donors (Lipinski definition) is 1. The number of halogens is 1. The maximum Gasteiger partial charge on any atom is 0.290 e. The molecule has 1 N–H and O–H groups in total. The summed E-state index contributed by atoms with van der Waals surface area (Å²) in [6, 6.07) is 19.1. The fraction of sp³-hybridized carbons (Fsp3) is 0.130. The van der Waals surface area contributed by atoms with E-state index in [1.807, 2.05) is 67.6 Å². The molecule has 0 saturated carbocycles. The summed E-state index contributed by atoms with van der Waals surface area (Å²) in [5, 5.41) is 10.8. The summed E-state index contributed by atoms with van der Waals surface area (Å²) >= 11 is 3.52. The number of rotatable bonds is 4. The lowest BCUT2D eigenvalue weighted by Gasteiger charge is -2.27. The van der Waals surface area contributed by atoms with Gasteiger partial charge in [-0.1, -0.05) is 64.0 Å². The summed E-state index contributed by atoms with van der Waals surface area (Å²) in [4.78, 5) is 18.9. The van der Waals surface area contributed by atoms with Gasteiger partial charge < -0.3 is 10.0 Å². The molecule has 4 rings (SSSR count). The largest absolute Gasteiger partial charge is 0.503 e. The third-order valence-corrected chi connectivity index (χ3v) is 5.40. The predicted molar refractivity (Wildman–Crippen MR) is 112 cm³/mol. The van der Waals surface area contributed by atoms with E-state index in [0.717, 1.165) is 26.7 Å². The summed E-state index contributed by atoms with van der Waals surface area (Å²) < 4.78 is 0.924. The first-order valence-electron chi connectivity index (χ1n) is 9.00. The van der Waals surface area contributed by atoms with Crippen LogP contribution in [0.3, 0.4) is 0 Å². The van der Waals surface area contributed by atoms with Gasteiger partial charge in [0.1, 0.15) is 0 Å². The van der Waals surface area contributed by atoms with Crippen molar-refractivity contribution in [3.63, 3.8) is 0 Å². The first-order chi connectivity index (χ1) is 13.5. The highest BCUT2D eigenvalue weighted by atomic mass is 79.9. The van der Waals surface area contributed by atoms with E-state index < -0.39 is 0 Å². The molecular weight excluding hydrogens is 416 g/mol. The van der Waals surface area contributed by atoms with Crippen LogP contribution in [0.5, 0.6) is 0 Å². The molecule has 0 spiro atoms. The van der Waals surface area contributed by atoms with Crippen molar-refractivity contribution in [2.75, 3.05) is 0 Å². The Kier molecular flexibility index (Phi) is 5.01. The number of aliphatic hydroxyl groups is 1. The molecule has 0 fully saturated rings. The van der Waals surface area contributed by atoms with Crippen LogP contribution in [0.25, 0.3) is 5.57 Å². The lowest BCUT2D eigenvalue weighted by Crippen LogP contribution is -2.29. The topological polar surface area (TPSA) is 53.4 Å². The Balaban J connectivity index is 1.83. The minimum Gasteiger partial charge on any atom is -0.503 e. The van der Waals surface area contributed by atoms with Crippen molar-refractivity contribution in [1.82, 2.24) is 9.88 Å². The van der Waals surface area contributed by atoms with E-state index in [1.54, 1.807) is 17.3 Å². The fourth-order valence-corrected chi connectivity index (χ4v) is 3.97. The van der Waals surface area contributed by atoms with Gasteiger partial charge in [-0.05, 0) is 41.8 Å². The number of benzene rings is 2. The van der Waals surface area contributed by atoms with E-state index in [4.69, 9.17) is 0 Å². The smallest absolute Gasteiger partial charge is 0.290 e. The molecule has 1 amide bonds. The highest BCUT2D eigenvalue weighted by Gasteiger charge is 2.41. The first kappa shape index (κ1) is 18.4. The molecule has 5 heteroatoms. The standard InChI is InChI=1S/C23H19BrN2O2/c1-15-7-9-17(10-8-15)20-21(18-5-2-6-19(24)12-18)26(23(28)22(20)27)14-16-4-3-11-25-13-16/h2-13,21,27H,14H2,1H3/t21-/m0/s1. The van der Waals surface area contributed by atoms with Gasteiger partial charge in [-0.25, -0.2) is 0 Å². The molecule has 0 bridgehead atoms. The molecule has 4 nitrogen and oxygen atoms in total. The number of pyridine rings is 1. The van der Waals surface area contributed by atoms with Crippen LogP contribution in [0.1, 0.15) is 28.3 Å². The van der Waals surface area contributed by atoms with Crippen LogP contribution >= 0.6 is 15.9 Å². The third kappa shape index (κ3) is 3.45. The average molecular weight is 435 g/mol. The highest BCUT2D eigenvalue weighted by Crippen LogP contribution is 2.44. The van der Waals surface area contributed by atoms with Crippen molar-refractivity contribution in [3.8, 4) is 0 Å². The van der Waals surface area contributed by atoms with Gasteiger partial charge >= 0.3 is 0 Å². The van der Waals surface area contributed by atoms with E-state index in [9.17, 15) is 9.90 Å². The number of aliphatic hydroxyl groups excluding tert-OH is 1. The van der Waals surface area contributed by atoms with Crippen LogP contribution < -0.4 is 0 Å². The summed E-state index contributed by atoms with van der Waals surface area (Å²) in [7, 11) is 0. The van der Waals surface area contributed by atoms with Gasteiger partial charge in [0.05, 0.1) is 6.04 Å². The number of aromatic nitrogens is 1. The zero-order valence-electron chi connectivity index (χ0n) is 15.3. The van der Waals surface area contributed by atoms with Crippen LogP contribution in [-0.4, -0.2) is 20.9 Å². The van der Waals surface area contributed by atoms with E-state index in [0.29, 0.717) is 12.1 Å². The molecule has 0 unspecified atom stereocenters. The van der Waals surface area contributed by atoms with Gasteiger partial charge in [0.15, 0.2) is 5.76 Å².